The molecule has 0 aromatic heterocycles. The van der Waals surface area contributed by atoms with Crippen LogP contribution in [0.1, 0.15) is 14.8 Å². The lowest BCUT2D eigenvalue weighted by molar-refractivity contribution is -0.182. The van der Waals surface area contributed by atoms with E-state index < -0.39 is 18.5 Å². The molecule has 64 valence electrons. The highest BCUT2D eigenvalue weighted by atomic mass is 19.4. The van der Waals surface area contributed by atoms with Gasteiger partial charge >= 0.3 is 7.60 Å². The predicted octanol–water partition coefficient (Wildman–Crippen LogP) is -0.289. The van der Waals surface area contributed by atoms with Gasteiger partial charge in [-0.05, 0) is 6.92 Å². The SMILES string of the molecule is CC(F)(F)CC(F)(F)F.[F-].[H+]. The van der Waals surface area contributed by atoms with Crippen LogP contribution in [0.3, 0.4) is 0 Å². The molecular formula is C4H6F6. The van der Waals surface area contributed by atoms with Crippen LogP contribution >= 0.6 is 0 Å². The Kier molecular flexibility index (Phi) is 3.82. The van der Waals surface area contributed by atoms with Crippen LogP contribution in [-0.2, 0) is 0 Å². The van der Waals surface area contributed by atoms with Gasteiger partial charge in [0, 0.05) is 0 Å². The Balaban J connectivity index is -0.000000320. The molecule has 10 heavy (non-hydrogen) atoms. The van der Waals surface area contributed by atoms with Crippen molar-refractivity contribution in [3.05, 3.63) is 0 Å². The number of halogens is 6. The minimum absolute atomic E-state index is 0. The zero-order valence-corrected chi connectivity index (χ0v) is 4.97. The van der Waals surface area contributed by atoms with Crippen LogP contribution in [0.15, 0.2) is 0 Å². The standard InChI is InChI=1S/C4H5F5.FH/c1-3(5,6)2-4(7,8)9;/h2H2,1H3;1H. The van der Waals surface area contributed by atoms with Crippen LogP contribution in [0, 0.1) is 0 Å². The van der Waals surface area contributed by atoms with E-state index in [0.717, 1.165) is 0 Å². The third kappa shape index (κ3) is 10.5. The Bertz CT molecular complexity index is 79.7. The minimum Gasteiger partial charge on any atom is -1.00 e. The smallest absolute Gasteiger partial charge is 1.00 e. The van der Waals surface area contributed by atoms with Crippen LogP contribution in [0.4, 0.5) is 22.0 Å². The van der Waals surface area contributed by atoms with Crippen LogP contribution in [0.2, 0.25) is 0 Å². The largest absolute Gasteiger partial charge is 1.00 e. The minimum atomic E-state index is -4.77. The van der Waals surface area contributed by atoms with Crippen molar-refractivity contribution in [2.24, 2.45) is 0 Å². The van der Waals surface area contributed by atoms with E-state index in [-0.39, 0.29) is 13.1 Å². The van der Waals surface area contributed by atoms with Gasteiger partial charge in [0.2, 0.25) is 0 Å². The number of hydrogen-bond acceptors (Lipinski definition) is 0. The Morgan fingerprint density at radius 1 is 1.10 bits per heavy atom. The summed E-state index contributed by atoms with van der Waals surface area (Å²) in [7, 11) is 0. The van der Waals surface area contributed by atoms with Crippen molar-refractivity contribution in [2.75, 3.05) is 0 Å². The van der Waals surface area contributed by atoms with Crippen molar-refractivity contribution in [1.82, 2.24) is 0 Å². The fraction of sp³-hybridized carbons (Fsp3) is 1.00. The normalized spacial score (nSPS) is 12.6. The predicted molar refractivity (Wildman–Crippen MR) is 22.4 cm³/mol. The average molecular weight is 168 g/mol. The molecule has 0 unspecified atom stereocenters. The molecule has 6 heteroatoms. The molecule has 0 spiro atoms. The molecule has 0 heterocycles. The Morgan fingerprint density at radius 3 is 1.40 bits per heavy atom. The fourth-order valence-corrected chi connectivity index (χ4v) is 0.352. The van der Waals surface area contributed by atoms with Crippen LogP contribution in [-0.4, -0.2) is 12.1 Å². The maximum atomic E-state index is 11.5. The van der Waals surface area contributed by atoms with E-state index in [0.29, 0.717) is 0 Å². The van der Waals surface area contributed by atoms with E-state index in [1.165, 1.54) is 0 Å². The monoisotopic (exact) mass is 168 g/mol. The van der Waals surface area contributed by atoms with Crippen LogP contribution in [0.5, 0.6) is 0 Å². The van der Waals surface area contributed by atoms with E-state index in [1.807, 2.05) is 0 Å². The van der Waals surface area contributed by atoms with E-state index in [2.05, 4.69) is 0 Å². The van der Waals surface area contributed by atoms with Gasteiger partial charge in [-0.2, -0.15) is 13.2 Å². The van der Waals surface area contributed by atoms with Crippen molar-refractivity contribution >= 4 is 0 Å². The molecule has 0 aliphatic heterocycles. The van der Waals surface area contributed by atoms with Gasteiger partial charge < -0.3 is 4.70 Å². The molecule has 0 nitrogen and oxygen atoms in total. The first-order valence-corrected chi connectivity index (χ1v) is 2.15. The average Bonchev–Trinajstić information content (AvgIpc) is 1.14. The second-order valence-corrected chi connectivity index (χ2v) is 1.86. The van der Waals surface area contributed by atoms with Crippen molar-refractivity contribution < 1.29 is 28.1 Å². The third-order valence-electron chi connectivity index (χ3n) is 0.511. The van der Waals surface area contributed by atoms with Gasteiger partial charge in [0.05, 0.1) is 0 Å². The molecule has 0 aromatic carbocycles. The maximum absolute atomic E-state index is 11.5. The molecular weight excluding hydrogens is 162 g/mol. The lowest BCUT2D eigenvalue weighted by Crippen LogP contribution is -3.00. The summed E-state index contributed by atoms with van der Waals surface area (Å²) in [6.45, 7) is 0.237. The molecule has 0 radical (unpaired) electrons. The van der Waals surface area contributed by atoms with Gasteiger partial charge in [-0.15, -0.1) is 0 Å². The number of hydrogen-bond donors (Lipinski definition) is 0. The summed E-state index contributed by atoms with van der Waals surface area (Å²) in [4.78, 5) is 0. The molecule has 0 bridgehead atoms. The van der Waals surface area contributed by atoms with E-state index in [9.17, 15) is 22.0 Å². The molecule has 0 rings (SSSR count). The van der Waals surface area contributed by atoms with E-state index >= 15 is 0 Å². The Morgan fingerprint density at radius 2 is 1.40 bits per heavy atom. The summed E-state index contributed by atoms with van der Waals surface area (Å²) >= 11 is 0. The van der Waals surface area contributed by atoms with Crippen molar-refractivity contribution in [3.63, 3.8) is 0 Å². The first-order valence-electron chi connectivity index (χ1n) is 2.15. The van der Waals surface area contributed by atoms with Gasteiger partial charge in [0.1, 0.15) is 6.42 Å². The summed E-state index contributed by atoms with van der Waals surface area (Å²) in [5.41, 5.74) is 0. The molecule has 0 N–H and O–H groups in total. The highest BCUT2D eigenvalue weighted by Crippen LogP contribution is 2.30. The number of alkyl halides is 5. The fourth-order valence-electron chi connectivity index (χ4n) is 0.352. The molecule has 0 saturated carbocycles. The first kappa shape index (κ1) is 12.3. The lowest BCUT2D eigenvalue weighted by Gasteiger charge is -2.11. The summed E-state index contributed by atoms with van der Waals surface area (Å²) in [6.07, 6.45) is -6.81. The van der Waals surface area contributed by atoms with Crippen molar-refractivity contribution in [1.29, 1.82) is 0 Å². The van der Waals surface area contributed by atoms with Gasteiger partial charge in [0.15, 0.2) is 0 Å². The molecule has 0 fully saturated rings. The third-order valence-corrected chi connectivity index (χ3v) is 0.511. The van der Waals surface area contributed by atoms with Gasteiger partial charge in [-0.1, -0.05) is 0 Å². The van der Waals surface area contributed by atoms with Crippen LogP contribution < -0.4 is 4.70 Å². The summed E-state index contributed by atoms with van der Waals surface area (Å²) in [5.74, 6) is -3.64. The van der Waals surface area contributed by atoms with Crippen LogP contribution in [0.25, 0.3) is 0 Å². The van der Waals surface area contributed by atoms with Gasteiger partial charge in [-0.25, -0.2) is 8.78 Å². The second-order valence-electron chi connectivity index (χ2n) is 1.86. The van der Waals surface area contributed by atoms with E-state index in [4.69, 9.17) is 0 Å². The summed E-state index contributed by atoms with van der Waals surface area (Å²) in [5, 5.41) is 0. The zero-order valence-electron chi connectivity index (χ0n) is 5.97. The summed E-state index contributed by atoms with van der Waals surface area (Å²) in [6, 6.07) is 0. The molecule has 0 aliphatic rings. The zero-order chi connectivity index (χ0) is 7.71. The molecule has 0 saturated heterocycles. The molecule has 0 aromatic rings. The number of rotatable bonds is 1. The Hall–Kier alpha value is -0.420. The summed E-state index contributed by atoms with van der Waals surface area (Å²) < 4.78 is 56.2. The first-order chi connectivity index (χ1) is 3.71. The molecule has 0 aliphatic carbocycles. The van der Waals surface area contributed by atoms with Gasteiger partial charge in [-0.3, -0.25) is 0 Å². The van der Waals surface area contributed by atoms with Gasteiger partial charge in [0.25, 0.3) is 5.92 Å². The van der Waals surface area contributed by atoms with E-state index in [1.54, 1.807) is 0 Å². The topological polar surface area (TPSA) is 0 Å². The van der Waals surface area contributed by atoms with Crippen molar-refractivity contribution in [2.45, 2.75) is 25.4 Å². The highest BCUT2D eigenvalue weighted by Gasteiger charge is 2.39. The molecule has 0 atom stereocenters. The second kappa shape index (κ2) is 3.12. The Labute approximate surface area is 54.9 Å². The maximum Gasteiger partial charge on any atom is 1.00 e. The van der Waals surface area contributed by atoms with Crippen molar-refractivity contribution in [3.8, 4) is 0 Å². The lowest BCUT2D eigenvalue weighted by atomic mass is 10.3. The highest BCUT2D eigenvalue weighted by molar-refractivity contribution is 4.63. The quantitative estimate of drug-likeness (QED) is 0.472. The molecule has 0 amide bonds.